The van der Waals surface area contributed by atoms with Crippen LogP contribution in [0.2, 0.25) is 0 Å². The Morgan fingerprint density at radius 2 is 2.06 bits per heavy atom. The molecular formula is C13H26N2S. The Hall–Kier alpha value is 0.270. The molecule has 16 heavy (non-hydrogen) atoms. The van der Waals surface area contributed by atoms with Crippen LogP contribution in [0.1, 0.15) is 39.0 Å². The molecule has 1 aliphatic carbocycles. The predicted octanol–water partition coefficient (Wildman–Crippen LogP) is 2.35. The van der Waals surface area contributed by atoms with E-state index in [-0.39, 0.29) is 0 Å². The minimum absolute atomic E-state index is 0.475. The molecule has 2 aliphatic rings. The van der Waals surface area contributed by atoms with Gasteiger partial charge in [0, 0.05) is 37.0 Å². The first-order valence-electron chi connectivity index (χ1n) is 6.74. The Balaban J connectivity index is 1.92. The lowest BCUT2D eigenvalue weighted by Crippen LogP contribution is -2.62. The van der Waals surface area contributed by atoms with Gasteiger partial charge in [0.25, 0.3) is 0 Å². The largest absolute Gasteiger partial charge is 0.309 e. The van der Waals surface area contributed by atoms with Gasteiger partial charge < -0.3 is 5.32 Å². The molecule has 2 rings (SSSR count). The second-order valence-corrected chi connectivity index (χ2v) is 6.45. The molecule has 0 aromatic rings. The minimum Gasteiger partial charge on any atom is -0.309 e. The number of nitrogens with zero attached hydrogens (tertiary/aromatic N) is 1. The molecule has 2 nitrogen and oxygen atoms in total. The van der Waals surface area contributed by atoms with Crippen molar-refractivity contribution in [3.8, 4) is 0 Å². The zero-order valence-electron chi connectivity index (χ0n) is 10.8. The van der Waals surface area contributed by atoms with E-state index < -0.39 is 0 Å². The quantitative estimate of drug-likeness (QED) is 0.818. The van der Waals surface area contributed by atoms with Crippen LogP contribution in [0, 0.1) is 0 Å². The Kier molecular flexibility index (Phi) is 4.57. The number of thioether (sulfide) groups is 1. The van der Waals surface area contributed by atoms with Crippen molar-refractivity contribution in [1.82, 2.24) is 10.2 Å². The monoisotopic (exact) mass is 242 g/mol. The Morgan fingerprint density at radius 1 is 1.31 bits per heavy atom. The normalized spacial score (nSPS) is 28.1. The van der Waals surface area contributed by atoms with Gasteiger partial charge in [0.05, 0.1) is 0 Å². The van der Waals surface area contributed by atoms with Crippen LogP contribution in [0.15, 0.2) is 0 Å². The molecule has 94 valence electrons. The van der Waals surface area contributed by atoms with Gasteiger partial charge >= 0.3 is 0 Å². The first-order chi connectivity index (χ1) is 7.76. The van der Waals surface area contributed by atoms with E-state index in [1.54, 1.807) is 0 Å². The summed E-state index contributed by atoms with van der Waals surface area (Å²) in [5.74, 6) is 1.27. The summed E-state index contributed by atoms with van der Waals surface area (Å²) in [5.41, 5.74) is 0.475. The number of hydrogen-bond donors (Lipinski definition) is 1. The standard InChI is InChI=1S/C13H26N2S/c1-12(10-16-2)15-9-8-14-13(11-15)6-4-3-5-7-13/h12,14H,3-11H2,1-2H3. The Labute approximate surface area is 105 Å². The average molecular weight is 242 g/mol. The highest BCUT2D eigenvalue weighted by Crippen LogP contribution is 2.31. The second kappa shape index (κ2) is 5.74. The summed E-state index contributed by atoms with van der Waals surface area (Å²) in [6.07, 6.45) is 9.32. The van der Waals surface area contributed by atoms with Gasteiger partial charge in [0.15, 0.2) is 0 Å². The molecule has 0 amide bonds. The summed E-state index contributed by atoms with van der Waals surface area (Å²) in [6.45, 7) is 6.11. The topological polar surface area (TPSA) is 15.3 Å². The summed E-state index contributed by atoms with van der Waals surface area (Å²) in [6, 6.07) is 0.746. The van der Waals surface area contributed by atoms with Gasteiger partial charge in [0.2, 0.25) is 0 Å². The number of rotatable bonds is 3. The summed E-state index contributed by atoms with van der Waals surface area (Å²) >= 11 is 1.98. The lowest BCUT2D eigenvalue weighted by molar-refractivity contribution is 0.0798. The zero-order valence-corrected chi connectivity index (χ0v) is 11.6. The Bertz CT molecular complexity index is 208. The number of hydrogen-bond acceptors (Lipinski definition) is 3. The van der Waals surface area contributed by atoms with E-state index in [1.807, 2.05) is 11.8 Å². The van der Waals surface area contributed by atoms with E-state index >= 15 is 0 Å². The number of piperazine rings is 1. The van der Waals surface area contributed by atoms with Crippen molar-refractivity contribution in [1.29, 1.82) is 0 Å². The molecule has 3 heteroatoms. The maximum Gasteiger partial charge on any atom is 0.0309 e. The fourth-order valence-electron chi connectivity index (χ4n) is 3.27. The molecule has 0 aromatic carbocycles. The van der Waals surface area contributed by atoms with Gasteiger partial charge in [-0.15, -0.1) is 0 Å². The van der Waals surface area contributed by atoms with Gasteiger partial charge in [-0.3, -0.25) is 4.90 Å². The van der Waals surface area contributed by atoms with E-state index in [9.17, 15) is 0 Å². The van der Waals surface area contributed by atoms with Crippen molar-refractivity contribution in [2.45, 2.75) is 50.6 Å². The van der Waals surface area contributed by atoms with Gasteiger partial charge in [-0.05, 0) is 26.0 Å². The molecule has 1 saturated heterocycles. The van der Waals surface area contributed by atoms with Crippen LogP contribution in [0.25, 0.3) is 0 Å². The highest BCUT2D eigenvalue weighted by molar-refractivity contribution is 7.98. The highest BCUT2D eigenvalue weighted by Gasteiger charge is 2.37. The van der Waals surface area contributed by atoms with Crippen molar-refractivity contribution >= 4 is 11.8 Å². The van der Waals surface area contributed by atoms with Crippen LogP contribution >= 0.6 is 11.8 Å². The van der Waals surface area contributed by atoms with E-state index in [0.29, 0.717) is 5.54 Å². The molecule has 0 aromatic heterocycles. The van der Waals surface area contributed by atoms with Crippen LogP contribution in [0.3, 0.4) is 0 Å². The molecule has 0 radical (unpaired) electrons. The van der Waals surface area contributed by atoms with Gasteiger partial charge in [-0.25, -0.2) is 0 Å². The first-order valence-corrected chi connectivity index (χ1v) is 8.13. The van der Waals surface area contributed by atoms with Crippen LogP contribution in [-0.2, 0) is 0 Å². The van der Waals surface area contributed by atoms with Crippen molar-refractivity contribution in [2.75, 3.05) is 31.6 Å². The maximum atomic E-state index is 3.81. The van der Waals surface area contributed by atoms with Crippen LogP contribution in [-0.4, -0.2) is 48.1 Å². The summed E-state index contributed by atoms with van der Waals surface area (Å²) in [7, 11) is 0. The molecule has 1 saturated carbocycles. The van der Waals surface area contributed by atoms with E-state index in [2.05, 4.69) is 23.4 Å². The van der Waals surface area contributed by atoms with Crippen molar-refractivity contribution in [2.24, 2.45) is 0 Å². The van der Waals surface area contributed by atoms with E-state index in [1.165, 1.54) is 57.5 Å². The van der Waals surface area contributed by atoms with Crippen molar-refractivity contribution < 1.29 is 0 Å². The summed E-state index contributed by atoms with van der Waals surface area (Å²) in [5, 5.41) is 3.81. The van der Waals surface area contributed by atoms with Gasteiger partial charge in [-0.2, -0.15) is 11.8 Å². The van der Waals surface area contributed by atoms with E-state index in [4.69, 9.17) is 0 Å². The van der Waals surface area contributed by atoms with Crippen LogP contribution < -0.4 is 5.32 Å². The smallest absolute Gasteiger partial charge is 0.0309 e. The fourth-order valence-corrected chi connectivity index (χ4v) is 3.97. The predicted molar refractivity (Wildman–Crippen MR) is 73.2 cm³/mol. The first kappa shape index (κ1) is 12.7. The zero-order chi connectivity index (χ0) is 11.4. The molecule has 1 N–H and O–H groups in total. The van der Waals surface area contributed by atoms with Gasteiger partial charge in [-0.1, -0.05) is 19.3 Å². The number of nitrogens with one attached hydrogen (secondary N) is 1. The van der Waals surface area contributed by atoms with Gasteiger partial charge in [0.1, 0.15) is 0 Å². The van der Waals surface area contributed by atoms with E-state index in [0.717, 1.165) is 6.04 Å². The van der Waals surface area contributed by atoms with Crippen molar-refractivity contribution in [3.05, 3.63) is 0 Å². The molecule has 1 atom stereocenters. The molecule has 1 aliphatic heterocycles. The lowest BCUT2D eigenvalue weighted by atomic mass is 9.80. The van der Waals surface area contributed by atoms with Crippen molar-refractivity contribution in [3.63, 3.8) is 0 Å². The summed E-state index contributed by atoms with van der Waals surface area (Å²) < 4.78 is 0. The molecular weight excluding hydrogens is 216 g/mol. The molecule has 1 heterocycles. The molecule has 1 spiro atoms. The molecule has 1 unspecified atom stereocenters. The second-order valence-electron chi connectivity index (χ2n) is 5.54. The third-order valence-electron chi connectivity index (χ3n) is 4.25. The molecule has 0 bridgehead atoms. The maximum absolute atomic E-state index is 3.81. The van der Waals surface area contributed by atoms with Crippen LogP contribution in [0.4, 0.5) is 0 Å². The SMILES string of the molecule is CSCC(C)N1CCNC2(CCCCC2)C1. The molecule has 2 fully saturated rings. The third-order valence-corrected chi connectivity index (χ3v) is 5.06. The highest BCUT2D eigenvalue weighted by atomic mass is 32.2. The minimum atomic E-state index is 0.475. The Morgan fingerprint density at radius 3 is 2.75 bits per heavy atom. The summed E-state index contributed by atoms with van der Waals surface area (Å²) in [4.78, 5) is 2.71. The third kappa shape index (κ3) is 2.93. The average Bonchev–Trinajstić information content (AvgIpc) is 2.30. The van der Waals surface area contributed by atoms with Crippen LogP contribution in [0.5, 0.6) is 0 Å². The fraction of sp³-hybridized carbons (Fsp3) is 1.00. The lowest BCUT2D eigenvalue weighted by Gasteiger charge is -2.48.